The quantitative estimate of drug-likeness (QED) is 0.866. The van der Waals surface area contributed by atoms with E-state index in [0.717, 1.165) is 38.9 Å². The Bertz CT molecular complexity index is 460. The molecule has 0 unspecified atom stereocenters. The molecule has 1 N–H and O–H groups in total. The Morgan fingerprint density at radius 1 is 1.38 bits per heavy atom. The summed E-state index contributed by atoms with van der Waals surface area (Å²) in [6, 6.07) is 4.63. The van der Waals surface area contributed by atoms with Gasteiger partial charge in [-0.2, -0.15) is 0 Å². The second-order valence-electron chi connectivity index (χ2n) is 5.14. The molecule has 0 radical (unpaired) electrons. The summed E-state index contributed by atoms with van der Waals surface area (Å²) in [4.78, 5) is 14.6. The summed E-state index contributed by atoms with van der Waals surface area (Å²) in [7, 11) is 0. The molecule has 0 spiro atoms. The van der Waals surface area contributed by atoms with Crippen LogP contribution in [0.4, 0.5) is 4.39 Å². The van der Waals surface area contributed by atoms with Crippen LogP contribution in [0.25, 0.3) is 0 Å². The SMILES string of the molecule is CCCN(C(=O)c1cc(F)cc(Br)c1)C1CCNCC1.Cl. The molecule has 21 heavy (non-hydrogen) atoms. The summed E-state index contributed by atoms with van der Waals surface area (Å²) in [5.41, 5.74) is 0.420. The zero-order valence-electron chi connectivity index (χ0n) is 12.1. The zero-order chi connectivity index (χ0) is 14.5. The van der Waals surface area contributed by atoms with Crippen molar-refractivity contribution in [3.05, 3.63) is 34.1 Å². The lowest BCUT2D eigenvalue weighted by atomic mass is 10.0. The maximum absolute atomic E-state index is 13.5. The van der Waals surface area contributed by atoms with Crippen molar-refractivity contribution in [3.8, 4) is 0 Å². The summed E-state index contributed by atoms with van der Waals surface area (Å²) in [5.74, 6) is -0.455. The number of halogens is 3. The van der Waals surface area contributed by atoms with Crippen molar-refractivity contribution >= 4 is 34.2 Å². The second-order valence-corrected chi connectivity index (χ2v) is 6.05. The molecule has 0 aliphatic carbocycles. The lowest BCUT2D eigenvalue weighted by Gasteiger charge is -2.34. The van der Waals surface area contributed by atoms with Crippen LogP contribution in [0.2, 0.25) is 0 Å². The lowest BCUT2D eigenvalue weighted by Crippen LogP contribution is -2.46. The van der Waals surface area contributed by atoms with Gasteiger partial charge in [0.1, 0.15) is 5.82 Å². The highest BCUT2D eigenvalue weighted by atomic mass is 79.9. The van der Waals surface area contributed by atoms with Gasteiger partial charge in [0, 0.05) is 22.6 Å². The third-order valence-electron chi connectivity index (χ3n) is 3.58. The maximum atomic E-state index is 13.5. The lowest BCUT2D eigenvalue weighted by molar-refractivity contribution is 0.0642. The first-order chi connectivity index (χ1) is 9.61. The van der Waals surface area contributed by atoms with Gasteiger partial charge in [0.25, 0.3) is 5.91 Å². The molecule has 0 saturated carbocycles. The predicted molar refractivity (Wildman–Crippen MR) is 88.6 cm³/mol. The van der Waals surface area contributed by atoms with E-state index in [2.05, 4.69) is 28.2 Å². The minimum absolute atomic E-state index is 0. The van der Waals surface area contributed by atoms with E-state index in [0.29, 0.717) is 10.0 Å². The van der Waals surface area contributed by atoms with Crippen molar-refractivity contribution in [2.45, 2.75) is 32.2 Å². The average molecular weight is 380 g/mol. The Morgan fingerprint density at radius 3 is 2.62 bits per heavy atom. The standard InChI is InChI=1S/C15H20BrFN2O.ClH/c1-2-7-19(14-3-5-18-6-4-14)15(20)11-8-12(16)10-13(17)9-11;/h8-10,14,18H,2-7H2,1H3;1H. The molecule has 1 heterocycles. The average Bonchev–Trinajstić information content (AvgIpc) is 2.44. The molecule has 1 aromatic rings. The van der Waals surface area contributed by atoms with E-state index in [-0.39, 0.29) is 30.2 Å². The number of hydrogen-bond acceptors (Lipinski definition) is 2. The van der Waals surface area contributed by atoms with Crippen LogP contribution in [0.5, 0.6) is 0 Å². The first-order valence-corrected chi connectivity index (χ1v) is 7.89. The number of nitrogens with zero attached hydrogens (tertiary/aromatic N) is 1. The van der Waals surface area contributed by atoms with Crippen LogP contribution < -0.4 is 5.32 Å². The van der Waals surface area contributed by atoms with Crippen molar-refractivity contribution in [2.24, 2.45) is 0 Å². The van der Waals surface area contributed by atoms with Gasteiger partial charge in [0.2, 0.25) is 0 Å². The fourth-order valence-electron chi connectivity index (χ4n) is 2.65. The largest absolute Gasteiger partial charge is 0.336 e. The van der Waals surface area contributed by atoms with Crippen LogP contribution >= 0.6 is 28.3 Å². The monoisotopic (exact) mass is 378 g/mol. The number of carbonyl (C=O) groups is 1. The van der Waals surface area contributed by atoms with Crippen molar-refractivity contribution < 1.29 is 9.18 Å². The minimum Gasteiger partial charge on any atom is -0.336 e. The first-order valence-electron chi connectivity index (χ1n) is 7.09. The Morgan fingerprint density at radius 2 is 2.05 bits per heavy atom. The number of amides is 1. The Kier molecular flexibility index (Phi) is 7.63. The molecule has 1 aliphatic rings. The van der Waals surface area contributed by atoms with Gasteiger partial charge in [-0.25, -0.2) is 4.39 Å². The smallest absolute Gasteiger partial charge is 0.254 e. The van der Waals surface area contributed by atoms with E-state index >= 15 is 0 Å². The van der Waals surface area contributed by atoms with E-state index in [1.165, 1.54) is 12.1 Å². The van der Waals surface area contributed by atoms with Crippen LogP contribution in [-0.2, 0) is 0 Å². The van der Waals surface area contributed by atoms with Gasteiger partial charge in [0.15, 0.2) is 0 Å². The summed E-state index contributed by atoms with van der Waals surface area (Å²) >= 11 is 3.24. The topological polar surface area (TPSA) is 32.3 Å². The fraction of sp³-hybridized carbons (Fsp3) is 0.533. The van der Waals surface area contributed by atoms with Crippen molar-refractivity contribution in [2.75, 3.05) is 19.6 Å². The van der Waals surface area contributed by atoms with Gasteiger partial charge >= 0.3 is 0 Å². The highest BCUT2D eigenvalue weighted by molar-refractivity contribution is 9.10. The molecule has 1 aromatic carbocycles. The van der Waals surface area contributed by atoms with Crippen molar-refractivity contribution in [1.29, 1.82) is 0 Å². The van der Waals surface area contributed by atoms with Crippen molar-refractivity contribution in [3.63, 3.8) is 0 Å². The molecular formula is C15H21BrClFN2O. The number of rotatable bonds is 4. The number of nitrogens with one attached hydrogen (secondary N) is 1. The zero-order valence-corrected chi connectivity index (χ0v) is 14.5. The van der Waals surface area contributed by atoms with Gasteiger partial charge in [-0.05, 0) is 50.6 Å². The third kappa shape index (κ3) is 4.94. The van der Waals surface area contributed by atoms with Gasteiger partial charge in [-0.15, -0.1) is 12.4 Å². The number of carbonyl (C=O) groups excluding carboxylic acids is 1. The highest BCUT2D eigenvalue weighted by Gasteiger charge is 2.25. The Hall–Kier alpha value is -0.650. The normalized spacial score (nSPS) is 15.4. The van der Waals surface area contributed by atoms with Crippen molar-refractivity contribution in [1.82, 2.24) is 10.2 Å². The predicted octanol–water partition coefficient (Wildman–Crippen LogP) is 3.61. The molecule has 0 aromatic heterocycles. The molecule has 0 atom stereocenters. The number of piperidine rings is 1. The molecule has 1 saturated heterocycles. The summed E-state index contributed by atoms with van der Waals surface area (Å²) in [5, 5.41) is 3.30. The highest BCUT2D eigenvalue weighted by Crippen LogP contribution is 2.20. The third-order valence-corrected chi connectivity index (χ3v) is 4.04. The van der Waals surface area contributed by atoms with Crippen LogP contribution in [0.1, 0.15) is 36.5 Å². The summed E-state index contributed by atoms with van der Waals surface area (Å²) < 4.78 is 14.1. The van der Waals surface area contributed by atoms with Gasteiger partial charge in [-0.1, -0.05) is 22.9 Å². The molecule has 1 aliphatic heterocycles. The molecule has 6 heteroatoms. The molecular weight excluding hydrogens is 359 g/mol. The molecule has 3 nitrogen and oxygen atoms in total. The molecule has 1 fully saturated rings. The van der Waals surface area contributed by atoms with E-state index in [1.807, 2.05) is 4.90 Å². The van der Waals surface area contributed by atoms with E-state index < -0.39 is 0 Å². The van der Waals surface area contributed by atoms with Gasteiger partial charge < -0.3 is 10.2 Å². The number of benzene rings is 1. The van der Waals surface area contributed by atoms with E-state index in [1.54, 1.807) is 6.07 Å². The Labute approximate surface area is 139 Å². The molecule has 0 bridgehead atoms. The number of hydrogen-bond donors (Lipinski definition) is 1. The van der Waals surface area contributed by atoms with E-state index in [9.17, 15) is 9.18 Å². The molecule has 2 rings (SSSR count). The Balaban J connectivity index is 0.00000220. The maximum Gasteiger partial charge on any atom is 0.254 e. The van der Waals surface area contributed by atoms with Gasteiger partial charge in [0.05, 0.1) is 0 Å². The van der Waals surface area contributed by atoms with E-state index in [4.69, 9.17) is 0 Å². The van der Waals surface area contributed by atoms with Crippen LogP contribution in [0.15, 0.2) is 22.7 Å². The summed E-state index contributed by atoms with van der Waals surface area (Å²) in [6.07, 6.45) is 2.83. The van der Waals surface area contributed by atoms with Crippen LogP contribution in [0.3, 0.4) is 0 Å². The molecule has 118 valence electrons. The second kappa shape index (κ2) is 8.71. The molecule has 1 amide bonds. The minimum atomic E-state index is -0.385. The summed E-state index contributed by atoms with van der Waals surface area (Å²) in [6.45, 7) is 4.65. The van der Waals surface area contributed by atoms with Crippen LogP contribution in [-0.4, -0.2) is 36.5 Å². The first kappa shape index (κ1) is 18.4. The fourth-order valence-corrected chi connectivity index (χ4v) is 3.12. The van der Waals surface area contributed by atoms with Crippen LogP contribution in [0, 0.1) is 5.82 Å². The van der Waals surface area contributed by atoms with Gasteiger partial charge in [-0.3, -0.25) is 4.79 Å².